The van der Waals surface area contributed by atoms with Gasteiger partial charge in [0.1, 0.15) is 10.6 Å². The van der Waals surface area contributed by atoms with E-state index in [1.807, 2.05) is 42.6 Å². The summed E-state index contributed by atoms with van der Waals surface area (Å²) in [6, 6.07) is 13.4. The number of benzene rings is 2. The molecule has 1 amide bonds. The fraction of sp³-hybridized carbons (Fsp3) is 0.182. The number of ether oxygens (including phenoxy) is 3. The predicted octanol–water partition coefficient (Wildman–Crippen LogP) is 4.51. The van der Waals surface area contributed by atoms with Gasteiger partial charge in [0.15, 0.2) is 11.5 Å². The molecule has 7 heteroatoms. The number of aryl methyl sites for hydroxylation is 1. The highest BCUT2D eigenvalue weighted by Gasteiger charge is 2.15. The Morgan fingerprint density at radius 1 is 0.966 bits per heavy atom. The van der Waals surface area contributed by atoms with Crippen molar-refractivity contribution in [2.24, 2.45) is 5.10 Å². The molecule has 0 unspecified atom stereocenters. The third-order valence-corrected chi connectivity index (χ3v) is 5.25. The number of hydrogen-bond acceptors (Lipinski definition) is 6. The molecule has 0 aliphatic heterocycles. The maximum Gasteiger partial charge on any atom is 0.282 e. The molecule has 0 radical (unpaired) electrons. The van der Waals surface area contributed by atoms with Crippen molar-refractivity contribution in [1.29, 1.82) is 0 Å². The molecule has 6 nitrogen and oxygen atoms in total. The summed E-state index contributed by atoms with van der Waals surface area (Å²) in [5.41, 5.74) is 6.28. The molecule has 3 rings (SSSR count). The van der Waals surface area contributed by atoms with Gasteiger partial charge in [0.25, 0.3) is 5.91 Å². The molecule has 2 aromatic carbocycles. The largest absolute Gasteiger partial charge is 0.496 e. The minimum atomic E-state index is -0.272. The standard InChI is InChI=1S/C22H22N2O4S/c1-14-5-7-15(8-6-14)17-9-10-29-21(17)22(25)24-23-13-16-11-19(27-3)20(28-4)12-18(16)26-2/h5-13H,1-4H3,(H,24,25)/b23-13-. The van der Waals surface area contributed by atoms with Crippen molar-refractivity contribution < 1.29 is 19.0 Å². The minimum absolute atomic E-state index is 0.272. The van der Waals surface area contributed by atoms with Crippen LogP contribution in [0.15, 0.2) is 52.9 Å². The van der Waals surface area contributed by atoms with E-state index < -0.39 is 0 Å². The van der Waals surface area contributed by atoms with Gasteiger partial charge in [-0.15, -0.1) is 11.3 Å². The van der Waals surface area contributed by atoms with Gasteiger partial charge in [0.2, 0.25) is 0 Å². The Bertz CT molecular complexity index is 1030. The van der Waals surface area contributed by atoms with E-state index in [1.54, 1.807) is 33.5 Å². The lowest BCUT2D eigenvalue weighted by Crippen LogP contribution is -2.17. The highest BCUT2D eigenvalue weighted by atomic mass is 32.1. The van der Waals surface area contributed by atoms with Crippen LogP contribution in [0.1, 0.15) is 20.8 Å². The van der Waals surface area contributed by atoms with E-state index in [1.165, 1.54) is 23.1 Å². The van der Waals surface area contributed by atoms with Crippen molar-refractivity contribution in [3.05, 3.63) is 63.8 Å². The third kappa shape index (κ3) is 4.57. The number of amides is 1. The van der Waals surface area contributed by atoms with Gasteiger partial charge in [-0.1, -0.05) is 29.8 Å². The molecule has 0 aliphatic rings. The number of carbonyl (C=O) groups excluding carboxylic acids is 1. The summed E-state index contributed by atoms with van der Waals surface area (Å²) < 4.78 is 15.9. The second-order valence-corrected chi connectivity index (χ2v) is 7.09. The molecule has 0 saturated carbocycles. The average Bonchev–Trinajstić information content (AvgIpc) is 3.23. The van der Waals surface area contributed by atoms with Gasteiger partial charge in [-0.25, -0.2) is 5.43 Å². The zero-order chi connectivity index (χ0) is 20.8. The van der Waals surface area contributed by atoms with Crippen LogP contribution in [0.2, 0.25) is 0 Å². The molecule has 0 saturated heterocycles. The smallest absolute Gasteiger partial charge is 0.282 e. The number of thiophene rings is 1. The fourth-order valence-electron chi connectivity index (χ4n) is 2.81. The van der Waals surface area contributed by atoms with Crippen molar-refractivity contribution >= 4 is 23.5 Å². The Labute approximate surface area is 173 Å². The average molecular weight is 410 g/mol. The van der Waals surface area contributed by atoms with Gasteiger partial charge in [-0.2, -0.15) is 5.10 Å². The van der Waals surface area contributed by atoms with Gasteiger partial charge in [0, 0.05) is 17.2 Å². The number of hydrogen-bond donors (Lipinski definition) is 1. The number of nitrogens with zero attached hydrogens (tertiary/aromatic N) is 1. The topological polar surface area (TPSA) is 69.2 Å². The second-order valence-electron chi connectivity index (χ2n) is 6.18. The molecule has 1 N–H and O–H groups in total. The molecule has 0 spiro atoms. The first-order valence-electron chi connectivity index (χ1n) is 8.85. The summed E-state index contributed by atoms with van der Waals surface area (Å²) in [6.07, 6.45) is 1.51. The quantitative estimate of drug-likeness (QED) is 0.460. The van der Waals surface area contributed by atoms with Crippen LogP contribution in [-0.4, -0.2) is 33.5 Å². The molecule has 0 fully saturated rings. The highest BCUT2D eigenvalue weighted by molar-refractivity contribution is 7.12. The van der Waals surface area contributed by atoms with Gasteiger partial charge in [-0.05, 0) is 30.0 Å². The maximum absolute atomic E-state index is 12.6. The molecule has 0 aliphatic carbocycles. The Morgan fingerprint density at radius 2 is 1.62 bits per heavy atom. The van der Waals surface area contributed by atoms with Crippen molar-refractivity contribution in [2.45, 2.75) is 6.92 Å². The molecule has 0 atom stereocenters. The molecule has 29 heavy (non-hydrogen) atoms. The number of nitrogens with one attached hydrogen (secondary N) is 1. The lowest BCUT2D eigenvalue weighted by atomic mass is 10.1. The fourth-order valence-corrected chi connectivity index (χ4v) is 3.62. The van der Waals surface area contributed by atoms with E-state index in [9.17, 15) is 4.79 Å². The Hall–Kier alpha value is -3.32. The zero-order valence-corrected chi connectivity index (χ0v) is 17.5. The first-order valence-corrected chi connectivity index (χ1v) is 9.73. The lowest BCUT2D eigenvalue weighted by Gasteiger charge is -2.11. The van der Waals surface area contributed by atoms with Gasteiger partial charge < -0.3 is 14.2 Å². The summed E-state index contributed by atoms with van der Waals surface area (Å²) in [5, 5.41) is 5.99. The van der Waals surface area contributed by atoms with E-state index in [-0.39, 0.29) is 5.91 Å². The predicted molar refractivity (Wildman–Crippen MR) is 116 cm³/mol. The van der Waals surface area contributed by atoms with E-state index in [4.69, 9.17) is 14.2 Å². The van der Waals surface area contributed by atoms with E-state index in [0.29, 0.717) is 27.7 Å². The van der Waals surface area contributed by atoms with Crippen LogP contribution in [0.5, 0.6) is 17.2 Å². The number of methoxy groups -OCH3 is 3. The van der Waals surface area contributed by atoms with Crippen molar-refractivity contribution in [3.8, 4) is 28.4 Å². The first-order chi connectivity index (χ1) is 14.1. The van der Waals surface area contributed by atoms with Gasteiger partial charge in [0.05, 0.1) is 27.5 Å². The third-order valence-electron chi connectivity index (χ3n) is 4.34. The Kier molecular flexibility index (Phi) is 6.51. The summed E-state index contributed by atoms with van der Waals surface area (Å²) in [7, 11) is 4.66. The van der Waals surface area contributed by atoms with Crippen LogP contribution in [0.25, 0.3) is 11.1 Å². The Morgan fingerprint density at radius 3 is 2.28 bits per heavy atom. The molecular weight excluding hydrogens is 388 g/mol. The zero-order valence-electron chi connectivity index (χ0n) is 16.7. The number of carbonyl (C=O) groups is 1. The lowest BCUT2D eigenvalue weighted by molar-refractivity contribution is 0.0959. The van der Waals surface area contributed by atoms with E-state index >= 15 is 0 Å². The van der Waals surface area contributed by atoms with Crippen LogP contribution < -0.4 is 19.6 Å². The minimum Gasteiger partial charge on any atom is -0.496 e. The molecule has 1 heterocycles. The summed E-state index contributed by atoms with van der Waals surface area (Å²) in [4.78, 5) is 13.2. The highest BCUT2D eigenvalue weighted by Crippen LogP contribution is 2.34. The van der Waals surface area contributed by atoms with Crippen molar-refractivity contribution in [2.75, 3.05) is 21.3 Å². The van der Waals surface area contributed by atoms with Crippen molar-refractivity contribution in [3.63, 3.8) is 0 Å². The van der Waals surface area contributed by atoms with Crippen LogP contribution >= 0.6 is 11.3 Å². The summed E-state index contributed by atoms with van der Waals surface area (Å²) in [6.45, 7) is 2.03. The SMILES string of the molecule is COc1cc(OC)c(OC)cc1/C=N\NC(=O)c1sccc1-c1ccc(C)cc1. The van der Waals surface area contributed by atoms with E-state index in [0.717, 1.165) is 11.1 Å². The van der Waals surface area contributed by atoms with Crippen LogP contribution in [0.4, 0.5) is 0 Å². The molecular formula is C22H22N2O4S. The van der Waals surface area contributed by atoms with Gasteiger partial charge in [-0.3, -0.25) is 4.79 Å². The first kappa shape index (κ1) is 20.4. The molecule has 150 valence electrons. The van der Waals surface area contributed by atoms with Crippen LogP contribution in [0.3, 0.4) is 0 Å². The normalized spacial score (nSPS) is 10.8. The maximum atomic E-state index is 12.6. The van der Waals surface area contributed by atoms with Crippen LogP contribution in [0, 0.1) is 6.92 Å². The Balaban J connectivity index is 1.79. The van der Waals surface area contributed by atoms with Crippen molar-refractivity contribution in [1.82, 2.24) is 5.43 Å². The van der Waals surface area contributed by atoms with Crippen LogP contribution in [-0.2, 0) is 0 Å². The number of hydrazone groups is 1. The monoisotopic (exact) mass is 410 g/mol. The number of rotatable bonds is 7. The van der Waals surface area contributed by atoms with Gasteiger partial charge >= 0.3 is 0 Å². The molecule has 3 aromatic rings. The molecule has 0 bridgehead atoms. The second kappa shape index (κ2) is 9.25. The summed E-state index contributed by atoms with van der Waals surface area (Å²) >= 11 is 1.37. The summed E-state index contributed by atoms with van der Waals surface area (Å²) in [5.74, 6) is 1.37. The molecule has 1 aromatic heterocycles. The van der Waals surface area contributed by atoms with E-state index in [2.05, 4.69) is 10.5 Å².